The molecule has 0 N–H and O–H groups in total. The highest BCUT2D eigenvalue weighted by molar-refractivity contribution is 6.00. The Morgan fingerprint density at radius 3 is 2.73 bits per heavy atom. The number of ether oxygens (including phenoxy) is 2. The van der Waals surface area contributed by atoms with E-state index in [2.05, 4.69) is 0 Å². The first-order valence-corrected chi connectivity index (χ1v) is 4.88. The summed E-state index contributed by atoms with van der Waals surface area (Å²) in [6, 6.07) is 3.71. The van der Waals surface area contributed by atoms with Crippen LogP contribution in [0.2, 0.25) is 0 Å². The predicted molar refractivity (Wildman–Crippen MR) is 53.2 cm³/mol. The van der Waals surface area contributed by atoms with Crippen LogP contribution >= 0.6 is 0 Å². The highest BCUT2D eigenvalue weighted by atomic mass is 16.7. The molecule has 2 aliphatic rings. The van der Waals surface area contributed by atoms with E-state index >= 15 is 0 Å². The molecule has 1 aromatic rings. The molecule has 0 aliphatic carbocycles. The molecule has 0 amide bonds. The number of rotatable bonds is 0. The number of nitrogens with zero attached hydrogens (tertiary/aromatic N) is 1. The van der Waals surface area contributed by atoms with Crippen LogP contribution in [0.25, 0.3) is 0 Å². The Bertz CT molecular complexity index is 442. The molecule has 0 atom stereocenters. The third kappa shape index (κ3) is 1.29. The smallest absolute Gasteiger partial charge is 0.231 e. The Morgan fingerprint density at radius 2 is 1.93 bits per heavy atom. The minimum Gasteiger partial charge on any atom is -0.454 e. The molecule has 0 saturated heterocycles. The summed E-state index contributed by atoms with van der Waals surface area (Å²) in [4.78, 5) is 13.8. The maximum absolute atomic E-state index is 11.8. The highest BCUT2D eigenvalue weighted by Gasteiger charge is 2.25. The lowest BCUT2D eigenvalue weighted by atomic mass is 9.98. The fourth-order valence-corrected chi connectivity index (χ4v) is 2.05. The van der Waals surface area contributed by atoms with Crippen LogP contribution in [0.1, 0.15) is 15.9 Å². The Kier molecular flexibility index (Phi) is 1.73. The van der Waals surface area contributed by atoms with Crippen LogP contribution in [0.5, 0.6) is 11.5 Å². The lowest BCUT2D eigenvalue weighted by Crippen LogP contribution is -2.31. The molecule has 3 rings (SSSR count). The molecule has 2 heterocycles. The molecule has 0 bridgehead atoms. The summed E-state index contributed by atoms with van der Waals surface area (Å²) in [7, 11) is 1.94. The molecule has 4 heteroatoms. The van der Waals surface area contributed by atoms with Crippen molar-refractivity contribution in [3.63, 3.8) is 0 Å². The number of likely N-dealkylation sites (N-methyl/N-ethyl adjacent to an activating group) is 1. The van der Waals surface area contributed by atoms with Gasteiger partial charge < -0.3 is 9.47 Å². The van der Waals surface area contributed by atoms with Crippen LogP contribution in [-0.2, 0) is 6.54 Å². The second kappa shape index (κ2) is 2.97. The molecular formula is C11H11NO3. The van der Waals surface area contributed by atoms with E-state index in [4.69, 9.17) is 9.47 Å². The summed E-state index contributed by atoms with van der Waals surface area (Å²) in [5, 5.41) is 0. The summed E-state index contributed by atoms with van der Waals surface area (Å²) in [5.74, 6) is 1.58. The van der Waals surface area contributed by atoms with Gasteiger partial charge in [-0.25, -0.2) is 0 Å². The van der Waals surface area contributed by atoms with Crippen molar-refractivity contribution < 1.29 is 14.3 Å². The normalized spacial score (nSPS) is 19.1. The van der Waals surface area contributed by atoms with Crippen LogP contribution in [-0.4, -0.2) is 31.1 Å². The van der Waals surface area contributed by atoms with Crippen molar-refractivity contribution in [2.24, 2.45) is 0 Å². The molecule has 15 heavy (non-hydrogen) atoms. The van der Waals surface area contributed by atoms with Crippen LogP contribution < -0.4 is 9.47 Å². The monoisotopic (exact) mass is 205 g/mol. The van der Waals surface area contributed by atoms with Gasteiger partial charge in [0.05, 0.1) is 6.54 Å². The number of Topliss-reactive ketones (excluding diaryl/α,β-unsaturated/α-hetero) is 1. The molecule has 78 valence electrons. The van der Waals surface area contributed by atoms with Gasteiger partial charge in [-0.3, -0.25) is 9.69 Å². The lowest BCUT2D eigenvalue weighted by molar-refractivity contribution is 0.0922. The van der Waals surface area contributed by atoms with E-state index < -0.39 is 0 Å². The van der Waals surface area contributed by atoms with Gasteiger partial charge >= 0.3 is 0 Å². The fourth-order valence-electron chi connectivity index (χ4n) is 2.05. The summed E-state index contributed by atoms with van der Waals surface area (Å²) in [6.07, 6.45) is 0. The molecule has 4 nitrogen and oxygen atoms in total. The Balaban J connectivity index is 2.13. The largest absolute Gasteiger partial charge is 0.454 e. The molecule has 0 saturated carbocycles. The van der Waals surface area contributed by atoms with Crippen molar-refractivity contribution in [2.45, 2.75) is 6.54 Å². The van der Waals surface area contributed by atoms with Crippen molar-refractivity contribution in [1.82, 2.24) is 4.90 Å². The molecule has 0 aromatic heterocycles. The quantitative estimate of drug-likeness (QED) is 0.634. The van der Waals surface area contributed by atoms with Crippen molar-refractivity contribution >= 4 is 5.78 Å². The van der Waals surface area contributed by atoms with Crippen molar-refractivity contribution in [2.75, 3.05) is 20.4 Å². The van der Waals surface area contributed by atoms with E-state index in [0.717, 1.165) is 23.4 Å². The van der Waals surface area contributed by atoms with E-state index in [-0.39, 0.29) is 12.6 Å². The maximum Gasteiger partial charge on any atom is 0.231 e. The first-order chi connectivity index (χ1) is 7.24. The zero-order valence-corrected chi connectivity index (χ0v) is 8.45. The Morgan fingerprint density at radius 1 is 1.20 bits per heavy atom. The number of hydrogen-bond acceptors (Lipinski definition) is 4. The molecule has 0 radical (unpaired) electrons. The average molecular weight is 205 g/mol. The fraction of sp³-hybridized carbons (Fsp3) is 0.364. The minimum absolute atomic E-state index is 0.150. The molecule has 0 fully saturated rings. The summed E-state index contributed by atoms with van der Waals surface area (Å²) in [5.41, 5.74) is 1.80. The number of hydrogen-bond donors (Lipinski definition) is 0. The number of benzene rings is 1. The van der Waals surface area contributed by atoms with Gasteiger partial charge in [0.1, 0.15) is 0 Å². The third-order valence-electron chi connectivity index (χ3n) is 2.75. The first kappa shape index (κ1) is 8.73. The predicted octanol–water partition coefficient (Wildman–Crippen LogP) is 1.04. The van der Waals surface area contributed by atoms with Gasteiger partial charge in [0.15, 0.2) is 17.3 Å². The summed E-state index contributed by atoms with van der Waals surface area (Å²) in [6.45, 7) is 1.52. The van der Waals surface area contributed by atoms with Gasteiger partial charge in [-0.15, -0.1) is 0 Å². The van der Waals surface area contributed by atoms with Crippen LogP contribution in [0.15, 0.2) is 12.1 Å². The summed E-state index contributed by atoms with van der Waals surface area (Å²) >= 11 is 0. The number of carbonyl (C=O) groups excluding carboxylic acids is 1. The Labute approximate surface area is 87.4 Å². The second-order valence-corrected chi connectivity index (χ2v) is 3.96. The highest BCUT2D eigenvalue weighted by Crippen LogP contribution is 2.36. The molecule has 1 aromatic carbocycles. The van der Waals surface area contributed by atoms with Gasteiger partial charge in [-0.1, -0.05) is 0 Å². The standard InChI is InChI=1S/C11H11NO3/c1-12-4-7-2-10-11(15-6-14-10)3-8(7)9(13)5-12/h2-3H,4-6H2,1H3. The van der Waals surface area contributed by atoms with E-state index in [1.807, 2.05) is 18.0 Å². The van der Waals surface area contributed by atoms with Crippen LogP contribution in [0.4, 0.5) is 0 Å². The average Bonchev–Trinajstić information content (AvgIpc) is 2.61. The van der Waals surface area contributed by atoms with Crippen LogP contribution in [0, 0.1) is 0 Å². The molecule has 2 aliphatic heterocycles. The second-order valence-electron chi connectivity index (χ2n) is 3.96. The third-order valence-corrected chi connectivity index (χ3v) is 2.75. The topological polar surface area (TPSA) is 38.8 Å². The molecular weight excluding hydrogens is 194 g/mol. The number of ketones is 1. The zero-order valence-electron chi connectivity index (χ0n) is 8.45. The zero-order chi connectivity index (χ0) is 10.4. The van der Waals surface area contributed by atoms with Gasteiger partial charge in [0, 0.05) is 12.1 Å². The SMILES string of the molecule is CN1CC(=O)c2cc3c(cc2C1)OCO3. The van der Waals surface area contributed by atoms with Crippen LogP contribution in [0.3, 0.4) is 0 Å². The van der Waals surface area contributed by atoms with Gasteiger partial charge in [-0.2, -0.15) is 0 Å². The van der Waals surface area contributed by atoms with E-state index in [1.165, 1.54) is 0 Å². The molecule has 0 unspecified atom stereocenters. The van der Waals surface area contributed by atoms with E-state index in [1.54, 1.807) is 6.07 Å². The van der Waals surface area contributed by atoms with Crippen molar-refractivity contribution in [3.05, 3.63) is 23.3 Å². The van der Waals surface area contributed by atoms with Gasteiger partial charge in [0.2, 0.25) is 6.79 Å². The minimum atomic E-state index is 0.150. The van der Waals surface area contributed by atoms with Crippen molar-refractivity contribution in [3.8, 4) is 11.5 Å². The number of fused-ring (bicyclic) bond motifs is 2. The molecule has 0 spiro atoms. The van der Waals surface area contributed by atoms with Gasteiger partial charge in [-0.05, 0) is 24.7 Å². The number of carbonyl (C=O) groups is 1. The lowest BCUT2D eigenvalue weighted by Gasteiger charge is -2.23. The maximum atomic E-state index is 11.8. The van der Waals surface area contributed by atoms with Crippen molar-refractivity contribution in [1.29, 1.82) is 0 Å². The van der Waals surface area contributed by atoms with Gasteiger partial charge in [0.25, 0.3) is 0 Å². The Hall–Kier alpha value is -1.55. The summed E-state index contributed by atoms with van der Waals surface area (Å²) < 4.78 is 10.5. The van der Waals surface area contributed by atoms with E-state index in [9.17, 15) is 4.79 Å². The van der Waals surface area contributed by atoms with E-state index in [0.29, 0.717) is 12.3 Å². The first-order valence-electron chi connectivity index (χ1n) is 4.88.